The number of carbonyl (C=O) groups is 2. The molecule has 0 aliphatic rings. The minimum Gasteiger partial charge on any atom is -0.508 e. The van der Waals surface area contributed by atoms with E-state index < -0.39 is 18.0 Å². The van der Waals surface area contributed by atoms with Crippen molar-refractivity contribution >= 4 is 30.3 Å². The summed E-state index contributed by atoms with van der Waals surface area (Å²) in [4.78, 5) is 23.1. The van der Waals surface area contributed by atoms with Crippen molar-refractivity contribution in [1.29, 1.82) is 0 Å². The van der Waals surface area contributed by atoms with Crippen LogP contribution >= 0.6 is 12.6 Å². The third-order valence-corrected chi connectivity index (χ3v) is 3.71. The van der Waals surface area contributed by atoms with E-state index in [-0.39, 0.29) is 12.2 Å². The second-order valence-corrected chi connectivity index (χ2v) is 5.55. The van der Waals surface area contributed by atoms with Gasteiger partial charge in [-0.3, -0.25) is 0 Å². The molecule has 2 amide bonds. The number of phenolic OH excluding ortho intramolecular Hbond substituents is 1. The predicted molar refractivity (Wildman–Crippen MR) is 95.4 cm³/mol. The number of hydrogen-bond acceptors (Lipinski definition) is 5. The highest BCUT2D eigenvalue weighted by Crippen LogP contribution is 2.15. The lowest BCUT2D eigenvalue weighted by Gasteiger charge is -2.12. The van der Waals surface area contributed by atoms with Crippen LogP contribution in [0.15, 0.2) is 58.8 Å². The summed E-state index contributed by atoms with van der Waals surface area (Å²) in [6, 6.07) is 11.1. The lowest BCUT2D eigenvalue weighted by Crippen LogP contribution is -2.40. The van der Waals surface area contributed by atoms with Gasteiger partial charge in [-0.1, -0.05) is 29.4 Å². The molecule has 0 aliphatic heterocycles. The largest absolute Gasteiger partial charge is 0.508 e. The molecule has 0 saturated carbocycles. The monoisotopic (exact) mass is 359 g/mol. The van der Waals surface area contributed by atoms with Crippen LogP contribution in [0, 0.1) is 0 Å². The fourth-order valence-corrected chi connectivity index (χ4v) is 2.23. The van der Waals surface area contributed by atoms with Gasteiger partial charge in [0.15, 0.2) is 0 Å². The molecule has 25 heavy (non-hydrogen) atoms. The molecular formula is C17H17N3O4S. The zero-order valence-electron chi connectivity index (χ0n) is 13.2. The van der Waals surface area contributed by atoms with Crippen molar-refractivity contribution in [1.82, 2.24) is 5.32 Å². The van der Waals surface area contributed by atoms with E-state index in [2.05, 4.69) is 28.2 Å². The maximum atomic E-state index is 11.8. The summed E-state index contributed by atoms with van der Waals surface area (Å²) >= 11 is 4.14. The fourth-order valence-electron chi connectivity index (χ4n) is 2.02. The fraction of sp³-hybridized carbons (Fsp3) is 0.176. The first-order valence-corrected chi connectivity index (χ1v) is 8.04. The Labute approximate surface area is 149 Å². The number of nitrogens with zero attached hydrogens (tertiary/aromatic N) is 2. The lowest BCUT2D eigenvalue weighted by atomic mass is 10.1. The number of nitrogens with one attached hydrogen (secondary N) is 1. The van der Waals surface area contributed by atoms with E-state index in [0.29, 0.717) is 17.0 Å². The maximum Gasteiger partial charge on any atom is 0.360 e. The number of azo groups is 1. The van der Waals surface area contributed by atoms with Gasteiger partial charge < -0.3 is 15.5 Å². The number of benzene rings is 2. The van der Waals surface area contributed by atoms with Crippen molar-refractivity contribution < 1.29 is 19.8 Å². The summed E-state index contributed by atoms with van der Waals surface area (Å²) in [5.41, 5.74) is 2.14. The Morgan fingerprint density at radius 1 is 1.04 bits per heavy atom. The number of aromatic hydroxyl groups is 1. The molecule has 0 fully saturated rings. The van der Waals surface area contributed by atoms with Gasteiger partial charge in [-0.15, -0.1) is 5.11 Å². The highest BCUT2D eigenvalue weighted by molar-refractivity contribution is 7.79. The summed E-state index contributed by atoms with van der Waals surface area (Å²) in [7, 11) is 0. The van der Waals surface area contributed by atoms with Gasteiger partial charge in [0.2, 0.25) is 0 Å². The molecule has 0 spiro atoms. The van der Waals surface area contributed by atoms with E-state index in [1.165, 1.54) is 12.1 Å². The van der Waals surface area contributed by atoms with Gasteiger partial charge in [-0.2, -0.15) is 12.6 Å². The molecule has 130 valence electrons. The number of carboxylic acids is 1. The highest BCUT2D eigenvalue weighted by Gasteiger charge is 2.20. The molecule has 0 radical (unpaired) electrons. The zero-order chi connectivity index (χ0) is 18.2. The van der Waals surface area contributed by atoms with E-state index in [4.69, 9.17) is 0 Å². The average molecular weight is 359 g/mol. The molecule has 0 bridgehead atoms. The smallest absolute Gasteiger partial charge is 0.360 e. The van der Waals surface area contributed by atoms with Gasteiger partial charge in [-0.05, 0) is 35.4 Å². The number of thiol groups is 1. The molecule has 0 aliphatic carbocycles. The van der Waals surface area contributed by atoms with E-state index in [1.54, 1.807) is 24.3 Å². The van der Waals surface area contributed by atoms with Gasteiger partial charge in [0, 0.05) is 12.2 Å². The number of carboxylic acid groups (broad SMARTS) is 1. The van der Waals surface area contributed by atoms with Crippen LogP contribution in [0.2, 0.25) is 0 Å². The Morgan fingerprint density at radius 3 is 2.20 bits per heavy atom. The highest BCUT2D eigenvalue weighted by atomic mass is 32.1. The van der Waals surface area contributed by atoms with Crippen molar-refractivity contribution in [2.75, 3.05) is 0 Å². The Balaban J connectivity index is 1.98. The number of urea groups is 1. The summed E-state index contributed by atoms with van der Waals surface area (Å²) in [5, 5.41) is 28.0. The van der Waals surface area contributed by atoms with Crippen LogP contribution in [-0.4, -0.2) is 28.3 Å². The number of carbonyl (C=O) groups excluding carboxylic acids is 1. The third-order valence-electron chi connectivity index (χ3n) is 3.35. The van der Waals surface area contributed by atoms with Crippen molar-refractivity contribution in [3.63, 3.8) is 0 Å². The lowest BCUT2D eigenvalue weighted by molar-refractivity contribution is -0.139. The Morgan fingerprint density at radius 2 is 1.64 bits per heavy atom. The van der Waals surface area contributed by atoms with Crippen LogP contribution in [0.25, 0.3) is 0 Å². The molecule has 1 atom stereocenters. The van der Waals surface area contributed by atoms with Crippen molar-refractivity contribution in [2.24, 2.45) is 10.2 Å². The van der Waals surface area contributed by atoms with E-state index in [9.17, 15) is 19.8 Å². The zero-order valence-corrected chi connectivity index (χ0v) is 14.1. The number of aliphatic carboxylic acids is 1. The number of rotatable bonds is 6. The van der Waals surface area contributed by atoms with E-state index >= 15 is 0 Å². The standard InChI is InChI=1S/C17H17N3O4S/c21-14-7-3-11(4-8-14)9-15(16(22)23)18-17(24)20-19-13-5-1-12(10-25)2-6-13/h1-8,15,21,25H,9-10H2,(H,18,24)(H,22,23)/b20-19+. The topological polar surface area (TPSA) is 111 Å². The molecule has 2 aromatic carbocycles. The number of phenols is 1. The van der Waals surface area contributed by atoms with Crippen LogP contribution in [0.1, 0.15) is 11.1 Å². The van der Waals surface area contributed by atoms with Crippen LogP contribution in [0.4, 0.5) is 10.5 Å². The maximum absolute atomic E-state index is 11.8. The molecule has 2 aromatic rings. The molecule has 1 unspecified atom stereocenters. The number of hydrogen-bond donors (Lipinski definition) is 4. The van der Waals surface area contributed by atoms with Crippen LogP contribution < -0.4 is 5.32 Å². The van der Waals surface area contributed by atoms with Crippen LogP contribution in [0.3, 0.4) is 0 Å². The Hall–Kier alpha value is -2.87. The summed E-state index contributed by atoms with van der Waals surface area (Å²) in [5.74, 6) is -0.512. The van der Waals surface area contributed by atoms with Gasteiger partial charge >= 0.3 is 12.0 Å². The quantitative estimate of drug-likeness (QED) is 0.468. The van der Waals surface area contributed by atoms with Crippen LogP contribution in [-0.2, 0) is 17.0 Å². The second kappa shape index (κ2) is 8.84. The van der Waals surface area contributed by atoms with Gasteiger partial charge in [-0.25, -0.2) is 9.59 Å². The molecule has 0 aromatic heterocycles. The number of amides is 2. The average Bonchev–Trinajstić information content (AvgIpc) is 2.61. The summed E-state index contributed by atoms with van der Waals surface area (Å²) in [6.45, 7) is 0. The van der Waals surface area contributed by atoms with Crippen LogP contribution in [0.5, 0.6) is 5.75 Å². The van der Waals surface area contributed by atoms with E-state index in [1.807, 2.05) is 12.1 Å². The van der Waals surface area contributed by atoms with Gasteiger partial charge in [0.1, 0.15) is 11.8 Å². The second-order valence-electron chi connectivity index (χ2n) is 5.24. The normalized spacial score (nSPS) is 12.0. The Kier molecular flexibility index (Phi) is 6.53. The molecule has 2 rings (SSSR count). The SMILES string of the molecule is O=C(/N=N/c1ccc(CS)cc1)NC(Cc1ccc(O)cc1)C(=O)O. The molecular weight excluding hydrogens is 342 g/mol. The Bertz CT molecular complexity index is 760. The molecule has 7 nitrogen and oxygen atoms in total. The van der Waals surface area contributed by atoms with E-state index in [0.717, 1.165) is 5.56 Å². The first-order valence-electron chi connectivity index (χ1n) is 7.40. The molecule has 0 saturated heterocycles. The minimum absolute atomic E-state index is 0.0630. The minimum atomic E-state index is -1.19. The van der Waals surface area contributed by atoms with Gasteiger partial charge in [0.05, 0.1) is 5.69 Å². The predicted octanol–water partition coefficient (Wildman–Crippen LogP) is 3.31. The van der Waals surface area contributed by atoms with Gasteiger partial charge in [0.25, 0.3) is 0 Å². The molecule has 0 heterocycles. The summed E-state index contributed by atoms with van der Waals surface area (Å²) in [6.07, 6.45) is 0.0630. The van der Waals surface area contributed by atoms with Crippen molar-refractivity contribution in [3.05, 3.63) is 59.7 Å². The third kappa shape index (κ3) is 5.92. The summed E-state index contributed by atoms with van der Waals surface area (Å²) < 4.78 is 0. The molecule has 8 heteroatoms. The van der Waals surface area contributed by atoms with Crippen molar-refractivity contribution in [3.8, 4) is 5.75 Å². The molecule has 3 N–H and O–H groups in total. The van der Waals surface area contributed by atoms with Crippen molar-refractivity contribution in [2.45, 2.75) is 18.2 Å². The first kappa shape index (κ1) is 18.5. The first-order chi connectivity index (χ1) is 12.0.